The number of alkyl halides is 3. The summed E-state index contributed by atoms with van der Waals surface area (Å²) >= 11 is 0. The van der Waals surface area contributed by atoms with E-state index in [1.807, 2.05) is 17.0 Å². The molecule has 11 heteroatoms. The smallest absolute Gasteiger partial charge is 0.405 e. The molecule has 1 fully saturated rings. The lowest BCUT2D eigenvalue weighted by Gasteiger charge is -2.32. The highest BCUT2D eigenvalue weighted by Crippen LogP contribution is 2.30. The number of halogens is 3. The minimum absolute atomic E-state index is 0.0521. The van der Waals surface area contributed by atoms with Crippen molar-refractivity contribution >= 4 is 23.1 Å². The van der Waals surface area contributed by atoms with Gasteiger partial charge in [-0.1, -0.05) is 24.3 Å². The van der Waals surface area contributed by atoms with E-state index in [-0.39, 0.29) is 17.4 Å². The molecule has 0 spiro atoms. The molecule has 190 valence electrons. The SMILES string of the molecule is O=C(Nc1ccc(C2CCN(C(=O)c3ccc4ncnn4c3)CC2)cc1)c1ccccc1OC(F)(F)F. The number of para-hydroxylation sites is 1. The largest absolute Gasteiger partial charge is 0.573 e. The third-order valence-electron chi connectivity index (χ3n) is 6.30. The van der Waals surface area contributed by atoms with Crippen LogP contribution in [0.2, 0.25) is 0 Å². The second-order valence-corrected chi connectivity index (χ2v) is 8.67. The molecule has 1 aliphatic heterocycles. The van der Waals surface area contributed by atoms with Crippen LogP contribution in [0.1, 0.15) is 45.0 Å². The van der Waals surface area contributed by atoms with Crippen molar-refractivity contribution in [2.75, 3.05) is 18.4 Å². The summed E-state index contributed by atoms with van der Waals surface area (Å²) in [5.74, 6) is -1.08. The van der Waals surface area contributed by atoms with Crippen LogP contribution in [0.4, 0.5) is 18.9 Å². The first-order valence-corrected chi connectivity index (χ1v) is 11.6. The number of hydrogen-bond acceptors (Lipinski definition) is 5. The van der Waals surface area contributed by atoms with Crippen LogP contribution in [-0.4, -0.2) is 50.8 Å². The fourth-order valence-corrected chi connectivity index (χ4v) is 4.45. The van der Waals surface area contributed by atoms with Gasteiger partial charge in [0.25, 0.3) is 11.8 Å². The Balaban J connectivity index is 1.19. The fourth-order valence-electron chi connectivity index (χ4n) is 4.45. The maximum atomic E-state index is 12.9. The third-order valence-corrected chi connectivity index (χ3v) is 6.30. The predicted molar refractivity (Wildman–Crippen MR) is 128 cm³/mol. The van der Waals surface area contributed by atoms with Crippen LogP contribution in [0.3, 0.4) is 0 Å². The van der Waals surface area contributed by atoms with Crippen molar-refractivity contribution in [2.24, 2.45) is 0 Å². The number of piperidine rings is 1. The molecule has 2 aromatic carbocycles. The Morgan fingerprint density at radius 1 is 0.973 bits per heavy atom. The Hall–Kier alpha value is -4.41. The van der Waals surface area contributed by atoms with Gasteiger partial charge in [0, 0.05) is 25.0 Å². The summed E-state index contributed by atoms with van der Waals surface area (Å²) in [6.45, 7) is 1.21. The van der Waals surface area contributed by atoms with Gasteiger partial charge in [-0.2, -0.15) is 5.10 Å². The molecule has 0 radical (unpaired) electrons. The molecule has 1 saturated heterocycles. The Kier molecular flexibility index (Phi) is 6.51. The maximum absolute atomic E-state index is 12.9. The molecule has 3 heterocycles. The summed E-state index contributed by atoms with van der Waals surface area (Å²) in [6, 6.07) is 15.9. The van der Waals surface area contributed by atoms with E-state index < -0.39 is 18.0 Å². The molecule has 0 unspecified atom stereocenters. The minimum atomic E-state index is -4.90. The zero-order valence-corrected chi connectivity index (χ0v) is 19.5. The monoisotopic (exact) mass is 509 g/mol. The predicted octanol–water partition coefficient (Wildman–Crippen LogP) is 4.90. The molecule has 1 aliphatic rings. The van der Waals surface area contributed by atoms with E-state index >= 15 is 0 Å². The van der Waals surface area contributed by atoms with Gasteiger partial charge in [0.2, 0.25) is 0 Å². The number of benzene rings is 2. The van der Waals surface area contributed by atoms with Gasteiger partial charge in [-0.05, 0) is 60.7 Å². The highest BCUT2D eigenvalue weighted by Gasteiger charge is 2.33. The lowest BCUT2D eigenvalue weighted by Crippen LogP contribution is -2.38. The number of nitrogens with zero attached hydrogens (tertiary/aromatic N) is 4. The van der Waals surface area contributed by atoms with Gasteiger partial charge in [0.05, 0.1) is 11.1 Å². The van der Waals surface area contributed by atoms with E-state index in [2.05, 4.69) is 20.1 Å². The number of hydrogen-bond donors (Lipinski definition) is 1. The molecule has 0 bridgehead atoms. The molecule has 4 aromatic rings. The molecule has 0 saturated carbocycles. The first-order chi connectivity index (χ1) is 17.8. The van der Waals surface area contributed by atoms with Crippen LogP contribution in [0, 0.1) is 0 Å². The van der Waals surface area contributed by atoms with Crippen molar-refractivity contribution in [1.82, 2.24) is 19.5 Å². The normalized spacial score (nSPS) is 14.5. The molecule has 2 amide bonds. The molecule has 8 nitrogen and oxygen atoms in total. The van der Waals surface area contributed by atoms with E-state index in [0.717, 1.165) is 24.5 Å². The Morgan fingerprint density at radius 2 is 1.70 bits per heavy atom. The number of amides is 2. The number of carbonyl (C=O) groups excluding carboxylic acids is 2. The number of anilines is 1. The van der Waals surface area contributed by atoms with Gasteiger partial charge < -0.3 is 15.0 Å². The summed E-state index contributed by atoms with van der Waals surface area (Å²) < 4.78 is 43.5. The van der Waals surface area contributed by atoms with Crippen molar-refractivity contribution in [1.29, 1.82) is 0 Å². The van der Waals surface area contributed by atoms with E-state index in [1.165, 1.54) is 24.5 Å². The fraction of sp³-hybridized carbons (Fsp3) is 0.231. The average molecular weight is 509 g/mol. The molecule has 37 heavy (non-hydrogen) atoms. The molecule has 0 atom stereocenters. The van der Waals surface area contributed by atoms with Crippen molar-refractivity contribution < 1.29 is 27.5 Å². The van der Waals surface area contributed by atoms with Crippen LogP contribution in [0.5, 0.6) is 5.75 Å². The number of pyridine rings is 1. The quantitative estimate of drug-likeness (QED) is 0.414. The van der Waals surface area contributed by atoms with E-state index in [9.17, 15) is 22.8 Å². The molecule has 0 aliphatic carbocycles. The van der Waals surface area contributed by atoms with E-state index in [1.54, 1.807) is 35.0 Å². The number of nitrogens with one attached hydrogen (secondary N) is 1. The first-order valence-electron chi connectivity index (χ1n) is 11.6. The standard InChI is InChI=1S/C26H22F3N5O3/c27-26(28,29)37-22-4-2-1-3-21(22)24(35)32-20-8-5-17(6-9-20)18-11-13-33(14-12-18)25(36)19-7-10-23-30-16-31-34(23)15-19/h1-10,15-16,18H,11-14H2,(H,32,35). The topological polar surface area (TPSA) is 88.8 Å². The van der Waals surface area contributed by atoms with Crippen LogP contribution in [-0.2, 0) is 0 Å². The number of aromatic nitrogens is 3. The maximum Gasteiger partial charge on any atom is 0.573 e. The Labute approximate surface area is 209 Å². The summed E-state index contributed by atoms with van der Waals surface area (Å²) in [6.07, 6.45) is -0.218. The average Bonchev–Trinajstić information content (AvgIpc) is 3.36. The second-order valence-electron chi connectivity index (χ2n) is 8.67. The highest BCUT2D eigenvalue weighted by atomic mass is 19.4. The summed E-state index contributed by atoms with van der Waals surface area (Å²) in [4.78, 5) is 31.4. The van der Waals surface area contributed by atoms with Crippen molar-refractivity contribution in [3.63, 3.8) is 0 Å². The van der Waals surface area contributed by atoms with Gasteiger partial charge in [-0.3, -0.25) is 9.59 Å². The number of carbonyl (C=O) groups is 2. The number of fused-ring (bicyclic) bond motifs is 1. The first kappa shape index (κ1) is 24.3. The Morgan fingerprint density at radius 3 is 2.43 bits per heavy atom. The second kappa shape index (κ2) is 9.92. The van der Waals surface area contributed by atoms with Crippen LogP contribution < -0.4 is 10.1 Å². The van der Waals surface area contributed by atoms with Gasteiger partial charge in [-0.25, -0.2) is 9.50 Å². The molecule has 5 rings (SSSR count). The Bertz CT molecular complexity index is 1430. The zero-order valence-electron chi connectivity index (χ0n) is 19.5. The molecular weight excluding hydrogens is 487 g/mol. The van der Waals surface area contributed by atoms with Crippen molar-refractivity contribution in [3.8, 4) is 5.75 Å². The van der Waals surface area contributed by atoms with Gasteiger partial charge in [-0.15, -0.1) is 13.2 Å². The van der Waals surface area contributed by atoms with Gasteiger partial charge in [0.15, 0.2) is 5.65 Å². The highest BCUT2D eigenvalue weighted by molar-refractivity contribution is 6.06. The van der Waals surface area contributed by atoms with Crippen LogP contribution in [0.15, 0.2) is 73.2 Å². The summed E-state index contributed by atoms with van der Waals surface area (Å²) in [5.41, 5.74) is 2.53. The minimum Gasteiger partial charge on any atom is -0.405 e. The van der Waals surface area contributed by atoms with Crippen LogP contribution >= 0.6 is 0 Å². The summed E-state index contributed by atoms with van der Waals surface area (Å²) in [5, 5.41) is 6.69. The van der Waals surface area contributed by atoms with Crippen molar-refractivity contribution in [2.45, 2.75) is 25.1 Å². The van der Waals surface area contributed by atoms with Crippen LogP contribution in [0.25, 0.3) is 5.65 Å². The molecule has 1 N–H and O–H groups in total. The lowest BCUT2D eigenvalue weighted by atomic mass is 9.89. The van der Waals surface area contributed by atoms with Gasteiger partial charge in [0.1, 0.15) is 12.1 Å². The third kappa shape index (κ3) is 5.55. The van der Waals surface area contributed by atoms with E-state index in [4.69, 9.17) is 0 Å². The molecular formula is C26H22F3N5O3. The zero-order chi connectivity index (χ0) is 26.0. The van der Waals surface area contributed by atoms with Gasteiger partial charge >= 0.3 is 6.36 Å². The lowest BCUT2D eigenvalue weighted by molar-refractivity contribution is -0.274. The summed E-state index contributed by atoms with van der Waals surface area (Å²) in [7, 11) is 0. The van der Waals surface area contributed by atoms with Crippen molar-refractivity contribution in [3.05, 3.63) is 89.9 Å². The van der Waals surface area contributed by atoms with E-state index in [0.29, 0.717) is 30.0 Å². The molecule has 2 aromatic heterocycles. The number of rotatable bonds is 5. The number of ether oxygens (including phenoxy) is 1. The number of likely N-dealkylation sites (tertiary alicyclic amines) is 1.